The van der Waals surface area contributed by atoms with Crippen molar-refractivity contribution in [2.24, 2.45) is 0 Å². The van der Waals surface area contributed by atoms with Crippen molar-refractivity contribution in [3.63, 3.8) is 0 Å². The van der Waals surface area contributed by atoms with Crippen molar-refractivity contribution in [1.29, 1.82) is 0 Å². The van der Waals surface area contributed by atoms with Gasteiger partial charge in [0.15, 0.2) is 0 Å². The molecule has 0 amide bonds. The minimum atomic E-state index is 0.459. The van der Waals surface area contributed by atoms with Gasteiger partial charge in [-0.1, -0.05) is 36.8 Å². The first-order valence-corrected chi connectivity index (χ1v) is 7.66. The molecule has 94 valence electrons. The fourth-order valence-electron chi connectivity index (χ4n) is 2.50. The molecule has 1 N–H and O–H groups in total. The van der Waals surface area contributed by atoms with Crippen molar-refractivity contribution in [3.05, 3.63) is 35.4 Å². The van der Waals surface area contributed by atoms with Crippen LogP contribution in [0.4, 0.5) is 0 Å². The number of hydrogen-bond acceptors (Lipinski definition) is 2. The Labute approximate surface area is 109 Å². The number of benzene rings is 1. The van der Waals surface area contributed by atoms with E-state index in [4.69, 9.17) is 0 Å². The molecule has 1 aliphatic heterocycles. The number of thioether (sulfide) groups is 1. The summed E-state index contributed by atoms with van der Waals surface area (Å²) in [6, 6.07) is 9.96. The summed E-state index contributed by atoms with van der Waals surface area (Å²) in [6.45, 7) is 6.79. The molecule has 0 bridgehead atoms. The van der Waals surface area contributed by atoms with E-state index in [1.807, 2.05) is 0 Å². The maximum atomic E-state index is 3.79. The molecule has 2 rings (SSSR count). The lowest BCUT2D eigenvalue weighted by Gasteiger charge is -2.32. The van der Waals surface area contributed by atoms with Gasteiger partial charge in [0.05, 0.1) is 0 Å². The van der Waals surface area contributed by atoms with Gasteiger partial charge >= 0.3 is 0 Å². The van der Waals surface area contributed by atoms with Crippen LogP contribution in [0.2, 0.25) is 0 Å². The highest BCUT2D eigenvalue weighted by Gasteiger charge is 2.23. The zero-order valence-electron chi connectivity index (χ0n) is 11.1. The average Bonchev–Trinajstić information content (AvgIpc) is 2.32. The van der Waals surface area contributed by atoms with Crippen LogP contribution in [0.25, 0.3) is 0 Å². The maximum absolute atomic E-state index is 3.79. The van der Waals surface area contributed by atoms with Crippen LogP contribution in [0.3, 0.4) is 0 Å². The fourth-order valence-corrected chi connectivity index (χ4v) is 3.65. The van der Waals surface area contributed by atoms with E-state index in [9.17, 15) is 0 Å². The predicted molar refractivity (Wildman–Crippen MR) is 77.7 cm³/mol. The second-order valence-corrected chi connectivity index (χ2v) is 6.61. The monoisotopic (exact) mass is 249 g/mol. The normalized spacial score (nSPS) is 26.8. The lowest BCUT2D eigenvalue weighted by Crippen LogP contribution is -2.40. The van der Waals surface area contributed by atoms with Gasteiger partial charge in [-0.15, -0.1) is 0 Å². The molecule has 17 heavy (non-hydrogen) atoms. The Bertz CT molecular complexity index is 364. The summed E-state index contributed by atoms with van der Waals surface area (Å²) >= 11 is 2.10. The smallest absolute Gasteiger partial charge is 0.0294 e. The van der Waals surface area contributed by atoms with Crippen molar-refractivity contribution >= 4 is 11.8 Å². The maximum Gasteiger partial charge on any atom is 0.0294 e. The van der Waals surface area contributed by atoms with E-state index in [2.05, 4.69) is 62.1 Å². The van der Waals surface area contributed by atoms with Gasteiger partial charge in [0.25, 0.3) is 0 Å². The van der Waals surface area contributed by atoms with E-state index in [1.165, 1.54) is 29.7 Å². The predicted octanol–water partition coefficient (Wildman–Crippen LogP) is 3.93. The Morgan fingerprint density at radius 3 is 2.94 bits per heavy atom. The van der Waals surface area contributed by atoms with Crippen LogP contribution < -0.4 is 5.32 Å². The van der Waals surface area contributed by atoms with Gasteiger partial charge in [-0.3, -0.25) is 0 Å². The lowest BCUT2D eigenvalue weighted by atomic mass is 10.0. The summed E-state index contributed by atoms with van der Waals surface area (Å²) in [5, 5.41) is 4.54. The molecule has 0 aromatic heterocycles. The van der Waals surface area contributed by atoms with E-state index in [1.54, 1.807) is 0 Å². The third kappa shape index (κ3) is 3.49. The topological polar surface area (TPSA) is 12.0 Å². The van der Waals surface area contributed by atoms with Crippen LogP contribution >= 0.6 is 11.8 Å². The van der Waals surface area contributed by atoms with Gasteiger partial charge in [-0.05, 0) is 38.0 Å². The zero-order valence-corrected chi connectivity index (χ0v) is 11.9. The van der Waals surface area contributed by atoms with E-state index < -0.39 is 0 Å². The Hall–Kier alpha value is -0.470. The fraction of sp³-hybridized carbons (Fsp3) is 0.600. The highest BCUT2D eigenvalue weighted by molar-refractivity contribution is 7.99. The standard InChI is InChI=1S/C15H23NS/c1-11-6-4-7-14(10-11)12(2)16-15-8-5-9-17-13(15)3/h4,6-7,10,12-13,15-16H,5,8-9H2,1-3H3/t12-,13?,15?/m1/s1. The summed E-state index contributed by atoms with van der Waals surface area (Å²) < 4.78 is 0. The molecule has 1 aromatic carbocycles. The van der Waals surface area contributed by atoms with Gasteiger partial charge in [-0.2, -0.15) is 11.8 Å². The Balaban J connectivity index is 1.98. The van der Waals surface area contributed by atoms with Crippen molar-refractivity contribution < 1.29 is 0 Å². The summed E-state index contributed by atoms with van der Waals surface area (Å²) in [5.41, 5.74) is 2.76. The average molecular weight is 249 g/mol. The Morgan fingerprint density at radius 2 is 2.24 bits per heavy atom. The molecule has 1 fully saturated rings. The number of aryl methyl sites for hydroxylation is 1. The molecule has 1 aliphatic rings. The van der Waals surface area contributed by atoms with E-state index in [0.29, 0.717) is 12.1 Å². The van der Waals surface area contributed by atoms with Crippen LogP contribution in [0.5, 0.6) is 0 Å². The minimum Gasteiger partial charge on any atom is -0.306 e. The SMILES string of the molecule is Cc1cccc([C@@H](C)NC2CCCSC2C)c1. The number of nitrogens with one attached hydrogen (secondary N) is 1. The number of rotatable bonds is 3. The van der Waals surface area contributed by atoms with Gasteiger partial charge < -0.3 is 5.32 Å². The van der Waals surface area contributed by atoms with Gasteiger partial charge in [-0.25, -0.2) is 0 Å². The van der Waals surface area contributed by atoms with E-state index >= 15 is 0 Å². The highest BCUT2D eigenvalue weighted by atomic mass is 32.2. The van der Waals surface area contributed by atoms with Gasteiger partial charge in [0, 0.05) is 17.3 Å². The largest absolute Gasteiger partial charge is 0.306 e. The molecule has 0 spiro atoms. The molecular formula is C15H23NS. The molecule has 1 nitrogen and oxygen atoms in total. The molecule has 0 saturated carbocycles. The zero-order chi connectivity index (χ0) is 12.3. The second kappa shape index (κ2) is 5.92. The van der Waals surface area contributed by atoms with Crippen LogP contribution in [-0.2, 0) is 0 Å². The van der Waals surface area contributed by atoms with Gasteiger partial charge in [0.1, 0.15) is 0 Å². The van der Waals surface area contributed by atoms with Crippen LogP contribution in [-0.4, -0.2) is 17.0 Å². The van der Waals surface area contributed by atoms with Crippen LogP contribution in [0.15, 0.2) is 24.3 Å². The minimum absolute atomic E-state index is 0.459. The van der Waals surface area contributed by atoms with E-state index in [0.717, 1.165) is 5.25 Å². The molecule has 3 atom stereocenters. The first-order chi connectivity index (χ1) is 8.16. The molecule has 2 unspecified atom stereocenters. The Morgan fingerprint density at radius 1 is 1.41 bits per heavy atom. The third-order valence-corrected chi connectivity index (χ3v) is 4.99. The van der Waals surface area contributed by atoms with Crippen LogP contribution in [0, 0.1) is 6.92 Å². The third-order valence-electron chi connectivity index (χ3n) is 3.61. The number of hydrogen-bond donors (Lipinski definition) is 1. The summed E-state index contributed by atoms with van der Waals surface area (Å²) in [6.07, 6.45) is 2.68. The molecule has 1 heterocycles. The molecular weight excluding hydrogens is 226 g/mol. The quantitative estimate of drug-likeness (QED) is 0.871. The van der Waals surface area contributed by atoms with Crippen molar-refractivity contribution in [2.75, 3.05) is 5.75 Å². The highest BCUT2D eigenvalue weighted by Crippen LogP contribution is 2.27. The first-order valence-electron chi connectivity index (χ1n) is 6.61. The summed E-state index contributed by atoms with van der Waals surface area (Å²) in [5.74, 6) is 1.33. The van der Waals surface area contributed by atoms with Crippen LogP contribution in [0.1, 0.15) is 43.9 Å². The molecule has 1 aromatic rings. The van der Waals surface area contributed by atoms with Crippen molar-refractivity contribution in [1.82, 2.24) is 5.32 Å². The van der Waals surface area contributed by atoms with Gasteiger partial charge in [0.2, 0.25) is 0 Å². The second-order valence-electron chi connectivity index (χ2n) is 5.13. The first kappa shape index (κ1) is 13.0. The molecule has 0 aliphatic carbocycles. The Kier molecular flexibility index (Phi) is 4.52. The van der Waals surface area contributed by atoms with E-state index in [-0.39, 0.29) is 0 Å². The molecule has 1 saturated heterocycles. The summed E-state index contributed by atoms with van der Waals surface area (Å²) in [4.78, 5) is 0. The van der Waals surface area contributed by atoms with Crippen molar-refractivity contribution in [3.8, 4) is 0 Å². The lowest BCUT2D eigenvalue weighted by molar-refractivity contribution is 0.417. The molecule has 0 radical (unpaired) electrons. The molecule has 2 heteroatoms. The summed E-state index contributed by atoms with van der Waals surface area (Å²) in [7, 11) is 0. The van der Waals surface area contributed by atoms with Crippen molar-refractivity contribution in [2.45, 2.75) is 50.9 Å².